The molecule has 1 fully saturated rings. The molecule has 9 nitrogen and oxygen atoms in total. The van der Waals surface area contributed by atoms with E-state index in [1.165, 1.54) is 6.33 Å². The molecule has 3 aromatic rings. The number of anilines is 1. The molecule has 4 heterocycles. The molecule has 3 N–H and O–H groups in total. The van der Waals surface area contributed by atoms with Crippen molar-refractivity contribution in [1.82, 2.24) is 29.7 Å². The van der Waals surface area contributed by atoms with Gasteiger partial charge in [0.25, 0.3) is 0 Å². The van der Waals surface area contributed by atoms with Crippen LogP contribution in [-0.2, 0) is 17.8 Å². The van der Waals surface area contributed by atoms with Gasteiger partial charge < -0.3 is 20.6 Å². The molecule has 1 amide bonds. The molecular weight excluding hydrogens is 454 g/mol. The second-order valence-corrected chi connectivity index (χ2v) is 9.92. The maximum atomic E-state index is 12.9. The number of rotatable bonds is 7. The van der Waals surface area contributed by atoms with E-state index < -0.39 is 0 Å². The third-order valence-electron chi connectivity index (χ3n) is 7.03. The van der Waals surface area contributed by atoms with Gasteiger partial charge >= 0.3 is 0 Å². The molecule has 0 saturated carbocycles. The highest BCUT2D eigenvalue weighted by Crippen LogP contribution is 2.30. The van der Waals surface area contributed by atoms with Crippen molar-refractivity contribution < 1.29 is 9.90 Å². The molecule has 2 unspecified atom stereocenters. The molecule has 5 rings (SSSR count). The van der Waals surface area contributed by atoms with E-state index in [4.69, 9.17) is 0 Å². The van der Waals surface area contributed by atoms with Crippen molar-refractivity contribution >= 4 is 17.2 Å². The third-order valence-corrected chi connectivity index (χ3v) is 7.03. The van der Waals surface area contributed by atoms with Crippen molar-refractivity contribution in [1.29, 1.82) is 0 Å². The summed E-state index contributed by atoms with van der Waals surface area (Å²) in [7, 11) is 0. The number of nitrogens with zero attached hydrogens (tertiary/aromatic N) is 5. The van der Waals surface area contributed by atoms with E-state index in [1.54, 1.807) is 6.08 Å². The van der Waals surface area contributed by atoms with Crippen molar-refractivity contribution in [3.8, 4) is 0 Å². The molecule has 36 heavy (non-hydrogen) atoms. The summed E-state index contributed by atoms with van der Waals surface area (Å²) in [5.41, 5.74) is 4.13. The summed E-state index contributed by atoms with van der Waals surface area (Å²) >= 11 is 0. The topological polar surface area (TPSA) is 98.0 Å². The zero-order valence-electron chi connectivity index (χ0n) is 21.0. The average molecular weight is 490 g/mol. The summed E-state index contributed by atoms with van der Waals surface area (Å²) in [4.78, 5) is 21.7. The number of nitrogens with one attached hydrogen (secondary N) is 2. The van der Waals surface area contributed by atoms with Crippen LogP contribution in [0, 0.1) is 0 Å². The van der Waals surface area contributed by atoms with Gasteiger partial charge in [-0.3, -0.25) is 9.69 Å². The number of piperazine rings is 1. The van der Waals surface area contributed by atoms with E-state index in [1.807, 2.05) is 52.0 Å². The molecule has 190 valence electrons. The van der Waals surface area contributed by atoms with Crippen LogP contribution in [0.25, 0.3) is 5.52 Å². The van der Waals surface area contributed by atoms with Gasteiger partial charge in [-0.25, -0.2) is 9.50 Å². The van der Waals surface area contributed by atoms with Crippen LogP contribution < -0.4 is 10.6 Å². The fourth-order valence-electron chi connectivity index (χ4n) is 5.45. The monoisotopic (exact) mass is 489 g/mol. The first-order chi connectivity index (χ1) is 17.5. The summed E-state index contributed by atoms with van der Waals surface area (Å²) in [6.45, 7) is 8.30. The molecule has 1 aromatic carbocycles. The van der Waals surface area contributed by atoms with E-state index >= 15 is 0 Å². The highest BCUT2D eigenvalue weighted by molar-refractivity contribution is 5.88. The van der Waals surface area contributed by atoms with E-state index in [2.05, 4.69) is 39.5 Å². The average Bonchev–Trinajstić information content (AvgIpc) is 3.25. The largest absolute Gasteiger partial charge is 0.394 e. The normalized spacial score (nSPS) is 21.6. The smallest absolute Gasteiger partial charge is 0.246 e. The van der Waals surface area contributed by atoms with E-state index in [0.29, 0.717) is 31.0 Å². The molecular formula is C27H35N7O2. The number of benzene rings is 1. The third kappa shape index (κ3) is 5.28. The fraction of sp³-hybridized carbons (Fsp3) is 0.444. The quantitative estimate of drug-likeness (QED) is 0.437. The van der Waals surface area contributed by atoms with Gasteiger partial charge in [0.2, 0.25) is 5.91 Å². The van der Waals surface area contributed by atoms with Crippen LogP contribution in [0.15, 0.2) is 55.0 Å². The number of fused-ring (bicyclic) bond motifs is 3. The predicted octanol–water partition coefficient (Wildman–Crippen LogP) is 2.00. The Hall–Kier alpha value is -3.27. The lowest BCUT2D eigenvalue weighted by Gasteiger charge is -2.35. The molecule has 0 spiro atoms. The highest BCUT2D eigenvalue weighted by atomic mass is 16.3. The molecule has 0 radical (unpaired) electrons. The van der Waals surface area contributed by atoms with Gasteiger partial charge in [0, 0.05) is 57.1 Å². The van der Waals surface area contributed by atoms with Gasteiger partial charge in [0.15, 0.2) is 5.82 Å². The molecule has 2 aliphatic heterocycles. The summed E-state index contributed by atoms with van der Waals surface area (Å²) < 4.78 is 1.83. The second-order valence-electron chi connectivity index (χ2n) is 9.92. The Bertz CT molecular complexity index is 1220. The van der Waals surface area contributed by atoms with Crippen LogP contribution in [0.4, 0.5) is 5.82 Å². The zero-order chi connectivity index (χ0) is 25.1. The zero-order valence-corrected chi connectivity index (χ0v) is 21.0. The Morgan fingerprint density at radius 3 is 2.78 bits per heavy atom. The predicted molar refractivity (Wildman–Crippen MR) is 140 cm³/mol. The molecule has 3 atom stereocenters. The summed E-state index contributed by atoms with van der Waals surface area (Å²) in [5.74, 6) is 0.731. The first-order valence-electron chi connectivity index (χ1n) is 12.7. The first kappa shape index (κ1) is 24.4. The maximum Gasteiger partial charge on any atom is 0.246 e. The number of hydrogen-bond acceptors (Lipinski definition) is 7. The summed E-state index contributed by atoms with van der Waals surface area (Å²) in [6, 6.07) is 10.5. The SMILES string of the molecule is CC1CN(C/C=C/C(=O)N2CCc3c(cn4ncnc(N[C@H](CO)c5ccccc5)c34)C2)CC(C)N1. The molecule has 0 aliphatic carbocycles. The molecule has 2 aromatic heterocycles. The van der Waals surface area contributed by atoms with Crippen LogP contribution in [0.3, 0.4) is 0 Å². The number of aliphatic hydroxyl groups excluding tert-OH is 1. The Morgan fingerprint density at radius 1 is 1.25 bits per heavy atom. The minimum Gasteiger partial charge on any atom is -0.394 e. The molecule has 1 saturated heterocycles. The summed E-state index contributed by atoms with van der Waals surface area (Å²) in [5, 5.41) is 21.4. The lowest BCUT2D eigenvalue weighted by Crippen LogP contribution is -2.54. The molecule has 9 heteroatoms. The Kier molecular flexibility index (Phi) is 7.31. The van der Waals surface area contributed by atoms with Gasteiger partial charge in [-0.1, -0.05) is 36.4 Å². The molecule has 0 bridgehead atoms. The standard InChI is InChI=1S/C27H35N7O2/c1-19-13-32(14-20(2)30-19)11-6-9-25(36)33-12-10-23-22(15-33)16-34-26(23)27(28-18-29-34)31-24(17-35)21-7-4-3-5-8-21/h3-9,16,18-20,24,30,35H,10-15,17H2,1-2H3,(H,28,29,31)/b9-6+/t19?,20?,24-/m1/s1. The van der Waals surface area contributed by atoms with Crippen LogP contribution >= 0.6 is 0 Å². The number of carbonyl (C=O) groups is 1. The van der Waals surface area contributed by atoms with Crippen molar-refractivity contribution in [2.45, 2.75) is 44.9 Å². The number of hydrogen-bond donors (Lipinski definition) is 3. The minimum absolute atomic E-state index is 0.0426. The fourth-order valence-corrected chi connectivity index (χ4v) is 5.45. The Labute approximate surface area is 211 Å². The number of aliphatic hydroxyl groups is 1. The number of aromatic nitrogens is 3. The first-order valence-corrected chi connectivity index (χ1v) is 12.7. The summed E-state index contributed by atoms with van der Waals surface area (Å²) in [6.07, 6.45) is 7.95. The van der Waals surface area contributed by atoms with Gasteiger partial charge in [-0.15, -0.1) is 0 Å². The minimum atomic E-state index is -0.274. The van der Waals surface area contributed by atoms with Gasteiger partial charge in [0.1, 0.15) is 11.8 Å². The highest BCUT2D eigenvalue weighted by Gasteiger charge is 2.26. The number of amides is 1. The van der Waals surface area contributed by atoms with Gasteiger partial charge in [-0.05, 0) is 37.0 Å². The lowest BCUT2D eigenvalue weighted by molar-refractivity contribution is -0.126. The van der Waals surface area contributed by atoms with Crippen molar-refractivity contribution in [2.75, 3.05) is 38.1 Å². The Balaban J connectivity index is 1.28. The number of carbonyl (C=O) groups excluding carboxylic acids is 1. The van der Waals surface area contributed by atoms with Crippen molar-refractivity contribution in [2.24, 2.45) is 0 Å². The van der Waals surface area contributed by atoms with E-state index in [0.717, 1.165) is 48.3 Å². The van der Waals surface area contributed by atoms with Crippen LogP contribution in [0.2, 0.25) is 0 Å². The van der Waals surface area contributed by atoms with E-state index in [-0.39, 0.29) is 18.6 Å². The van der Waals surface area contributed by atoms with Gasteiger partial charge in [-0.2, -0.15) is 5.10 Å². The lowest BCUT2D eigenvalue weighted by atomic mass is 10.0. The Morgan fingerprint density at radius 2 is 2.03 bits per heavy atom. The van der Waals surface area contributed by atoms with Gasteiger partial charge in [0.05, 0.1) is 12.6 Å². The maximum absolute atomic E-state index is 12.9. The van der Waals surface area contributed by atoms with Crippen LogP contribution in [-0.4, -0.2) is 80.3 Å². The van der Waals surface area contributed by atoms with Crippen molar-refractivity contribution in [3.05, 3.63) is 71.7 Å². The van der Waals surface area contributed by atoms with Crippen LogP contribution in [0.1, 0.15) is 36.6 Å². The van der Waals surface area contributed by atoms with Crippen LogP contribution in [0.5, 0.6) is 0 Å². The second kappa shape index (κ2) is 10.8. The van der Waals surface area contributed by atoms with E-state index in [9.17, 15) is 9.90 Å². The molecule has 2 aliphatic rings. The van der Waals surface area contributed by atoms with Crippen molar-refractivity contribution in [3.63, 3.8) is 0 Å².